The number of rotatable bonds is 5. The molecule has 1 aromatic rings. The van der Waals surface area contributed by atoms with E-state index in [0.717, 1.165) is 0 Å². The number of amides is 1. The predicted octanol–water partition coefficient (Wildman–Crippen LogP) is 2.63. The van der Waals surface area contributed by atoms with Crippen molar-refractivity contribution in [3.05, 3.63) is 35.9 Å². The van der Waals surface area contributed by atoms with E-state index in [-0.39, 0.29) is 17.9 Å². The van der Waals surface area contributed by atoms with Crippen molar-refractivity contribution >= 4 is 5.91 Å². The van der Waals surface area contributed by atoms with E-state index in [1.807, 2.05) is 25.1 Å². The van der Waals surface area contributed by atoms with Crippen LogP contribution in [-0.4, -0.2) is 12.5 Å². The molecule has 1 fully saturated rings. The number of carbonyl (C=O) groups is 1. The van der Waals surface area contributed by atoms with Gasteiger partial charge in [0.25, 0.3) is 0 Å². The minimum Gasteiger partial charge on any atom is -0.349 e. The maximum atomic E-state index is 12.1. The van der Waals surface area contributed by atoms with Gasteiger partial charge in [-0.25, -0.2) is 0 Å². The highest BCUT2D eigenvalue weighted by Gasteiger charge is 2.28. The van der Waals surface area contributed by atoms with Crippen molar-refractivity contribution < 1.29 is 4.79 Å². The van der Waals surface area contributed by atoms with Crippen LogP contribution in [0, 0.1) is 11.8 Å². The van der Waals surface area contributed by atoms with Crippen LogP contribution in [0.5, 0.6) is 0 Å². The summed E-state index contributed by atoms with van der Waals surface area (Å²) < 4.78 is 0. The zero-order chi connectivity index (χ0) is 13.7. The highest BCUT2D eigenvalue weighted by Crippen LogP contribution is 2.35. The van der Waals surface area contributed by atoms with E-state index in [1.165, 1.54) is 31.2 Å². The summed E-state index contributed by atoms with van der Waals surface area (Å²) in [6.07, 6.45) is 4.96. The van der Waals surface area contributed by atoms with Crippen LogP contribution in [0.3, 0.4) is 0 Å². The van der Waals surface area contributed by atoms with E-state index in [9.17, 15) is 4.79 Å². The van der Waals surface area contributed by atoms with Gasteiger partial charge in [0.05, 0.1) is 6.04 Å². The van der Waals surface area contributed by atoms with Gasteiger partial charge < -0.3 is 11.1 Å². The van der Waals surface area contributed by atoms with Crippen LogP contribution in [0.4, 0.5) is 0 Å². The van der Waals surface area contributed by atoms with Gasteiger partial charge in [-0.3, -0.25) is 4.79 Å². The highest BCUT2D eigenvalue weighted by molar-refractivity contribution is 5.79. The predicted molar refractivity (Wildman–Crippen MR) is 77.5 cm³/mol. The first kappa shape index (κ1) is 14.1. The fourth-order valence-electron chi connectivity index (χ4n) is 2.83. The number of nitrogens with two attached hydrogens (primary N) is 1. The van der Waals surface area contributed by atoms with Crippen LogP contribution >= 0.6 is 0 Å². The van der Waals surface area contributed by atoms with Crippen molar-refractivity contribution in [2.45, 2.75) is 38.6 Å². The third kappa shape index (κ3) is 3.57. The Morgan fingerprint density at radius 3 is 2.53 bits per heavy atom. The van der Waals surface area contributed by atoms with Gasteiger partial charge in [-0.05, 0) is 24.3 Å². The van der Waals surface area contributed by atoms with E-state index in [0.29, 0.717) is 12.5 Å². The summed E-state index contributed by atoms with van der Waals surface area (Å²) >= 11 is 0. The summed E-state index contributed by atoms with van der Waals surface area (Å²) in [5.74, 6) is 0.521. The maximum Gasteiger partial charge on any atom is 0.224 e. The van der Waals surface area contributed by atoms with Gasteiger partial charge in [0.2, 0.25) is 5.91 Å². The average molecular weight is 260 g/mol. The Kier molecular flexibility index (Phi) is 4.97. The fourth-order valence-corrected chi connectivity index (χ4v) is 2.83. The molecular formula is C16H24N2O. The Morgan fingerprint density at radius 2 is 1.95 bits per heavy atom. The molecule has 1 aromatic carbocycles. The molecule has 0 aliphatic heterocycles. The standard InChI is InChI=1S/C16H24N2O/c1-12(11-17)16(19)18-15(14-9-5-6-10-14)13-7-3-2-4-8-13/h2-4,7-8,12,14-15H,5-6,9-11,17H2,1H3,(H,18,19). The van der Waals surface area contributed by atoms with Gasteiger partial charge in [0.1, 0.15) is 0 Å². The summed E-state index contributed by atoms with van der Waals surface area (Å²) in [4.78, 5) is 12.1. The largest absolute Gasteiger partial charge is 0.349 e. The summed E-state index contributed by atoms with van der Waals surface area (Å²) in [7, 11) is 0. The van der Waals surface area contributed by atoms with Crippen molar-refractivity contribution in [3.63, 3.8) is 0 Å². The fraction of sp³-hybridized carbons (Fsp3) is 0.562. The summed E-state index contributed by atoms with van der Waals surface area (Å²) in [5, 5.41) is 3.21. The Hall–Kier alpha value is -1.35. The third-order valence-corrected chi connectivity index (χ3v) is 4.13. The summed E-state index contributed by atoms with van der Waals surface area (Å²) in [6, 6.07) is 10.4. The van der Waals surface area contributed by atoms with E-state index >= 15 is 0 Å². The van der Waals surface area contributed by atoms with Crippen LogP contribution in [0.15, 0.2) is 30.3 Å². The maximum absolute atomic E-state index is 12.1. The highest BCUT2D eigenvalue weighted by atomic mass is 16.1. The van der Waals surface area contributed by atoms with Crippen LogP contribution < -0.4 is 11.1 Å². The van der Waals surface area contributed by atoms with Crippen molar-refractivity contribution in [3.8, 4) is 0 Å². The molecule has 1 saturated carbocycles. The molecule has 19 heavy (non-hydrogen) atoms. The van der Waals surface area contributed by atoms with E-state index in [2.05, 4.69) is 17.4 Å². The van der Waals surface area contributed by atoms with Crippen LogP contribution in [0.1, 0.15) is 44.2 Å². The molecule has 2 rings (SSSR count). The zero-order valence-electron chi connectivity index (χ0n) is 11.6. The molecule has 0 saturated heterocycles. The van der Waals surface area contributed by atoms with Crippen molar-refractivity contribution in [2.24, 2.45) is 17.6 Å². The van der Waals surface area contributed by atoms with Gasteiger partial charge in [0, 0.05) is 12.5 Å². The second-order valence-corrected chi connectivity index (χ2v) is 5.58. The lowest BCUT2D eigenvalue weighted by atomic mass is 9.91. The Labute approximate surface area is 115 Å². The molecule has 3 N–H and O–H groups in total. The van der Waals surface area contributed by atoms with Crippen LogP contribution in [0.2, 0.25) is 0 Å². The topological polar surface area (TPSA) is 55.1 Å². The van der Waals surface area contributed by atoms with Crippen LogP contribution in [0.25, 0.3) is 0 Å². The molecule has 1 aliphatic rings. The average Bonchev–Trinajstić information content (AvgIpc) is 2.98. The molecule has 0 aromatic heterocycles. The Balaban J connectivity index is 2.13. The van der Waals surface area contributed by atoms with Gasteiger partial charge in [0.15, 0.2) is 0 Å². The minimum absolute atomic E-state index is 0.0725. The van der Waals surface area contributed by atoms with Gasteiger partial charge in [-0.15, -0.1) is 0 Å². The molecule has 0 radical (unpaired) electrons. The number of benzene rings is 1. The number of hydrogen-bond donors (Lipinski definition) is 2. The van der Waals surface area contributed by atoms with Crippen molar-refractivity contribution in [1.82, 2.24) is 5.32 Å². The molecular weight excluding hydrogens is 236 g/mol. The quantitative estimate of drug-likeness (QED) is 0.855. The molecule has 0 bridgehead atoms. The number of hydrogen-bond acceptors (Lipinski definition) is 2. The van der Waals surface area contributed by atoms with Gasteiger partial charge >= 0.3 is 0 Å². The monoisotopic (exact) mass is 260 g/mol. The lowest BCUT2D eigenvalue weighted by Crippen LogP contribution is -2.38. The Bertz CT molecular complexity index is 398. The van der Waals surface area contributed by atoms with Crippen molar-refractivity contribution in [1.29, 1.82) is 0 Å². The van der Waals surface area contributed by atoms with E-state index < -0.39 is 0 Å². The molecule has 2 unspecified atom stereocenters. The molecule has 1 amide bonds. The molecule has 2 atom stereocenters. The lowest BCUT2D eigenvalue weighted by molar-refractivity contribution is -0.125. The minimum atomic E-state index is -0.118. The molecule has 1 aliphatic carbocycles. The lowest BCUT2D eigenvalue weighted by Gasteiger charge is -2.26. The summed E-state index contributed by atoms with van der Waals surface area (Å²) in [5.41, 5.74) is 6.79. The van der Waals surface area contributed by atoms with E-state index in [4.69, 9.17) is 5.73 Å². The molecule has 3 heteroatoms. The second-order valence-electron chi connectivity index (χ2n) is 5.58. The Morgan fingerprint density at radius 1 is 1.32 bits per heavy atom. The van der Waals surface area contributed by atoms with Gasteiger partial charge in [-0.2, -0.15) is 0 Å². The first-order valence-corrected chi connectivity index (χ1v) is 7.27. The summed E-state index contributed by atoms with van der Waals surface area (Å²) in [6.45, 7) is 2.28. The zero-order valence-corrected chi connectivity index (χ0v) is 11.6. The molecule has 104 valence electrons. The van der Waals surface area contributed by atoms with Gasteiger partial charge in [-0.1, -0.05) is 50.1 Å². The normalized spacial score (nSPS) is 19.1. The molecule has 0 heterocycles. The van der Waals surface area contributed by atoms with Crippen LogP contribution in [-0.2, 0) is 4.79 Å². The third-order valence-electron chi connectivity index (χ3n) is 4.13. The molecule has 0 spiro atoms. The SMILES string of the molecule is CC(CN)C(=O)NC(c1ccccc1)C1CCCC1. The van der Waals surface area contributed by atoms with Crippen molar-refractivity contribution in [2.75, 3.05) is 6.54 Å². The number of nitrogens with one attached hydrogen (secondary N) is 1. The molecule has 3 nitrogen and oxygen atoms in total. The smallest absolute Gasteiger partial charge is 0.224 e. The van der Waals surface area contributed by atoms with E-state index in [1.54, 1.807) is 0 Å². The first-order chi connectivity index (χ1) is 9.22. The first-order valence-electron chi connectivity index (χ1n) is 7.27. The second kappa shape index (κ2) is 6.71. The number of carbonyl (C=O) groups excluding carboxylic acids is 1.